The van der Waals surface area contributed by atoms with Gasteiger partial charge in [-0.15, -0.1) is 0 Å². The Morgan fingerprint density at radius 3 is 2.43 bits per heavy atom. The van der Waals surface area contributed by atoms with E-state index in [-0.39, 0.29) is 11.9 Å². The number of ether oxygens (including phenoxy) is 1. The maximum atomic E-state index is 12.5. The summed E-state index contributed by atoms with van der Waals surface area (Å²) in [5.41, 5.74) is 3.91. The highest BCUT2D eigenvalue weighted by molar-refractivity contribution is 5.94. The molecule has 5 nitrogen and oxygen atoms in total. The van der Waals surface area contributed by atoms with Crippen LogP contribution < -0.4 is 10.1 Å². The van der Waals surface area contributed by atoms with Crippen molar-refractivity contribution in [1.82, 2.24) is 14.9 Å². The summed E-state index contributed by atoms with van der Waals surface area (Å²) in [6, 6.07) is 25.8. The normalized spacial score (nSPS) is 11.9. The lowest BCUT2D eigenvalue weighted by atomic mass is 10.1. The van der Waals surface area contributed by atoms with Gasteiger partial charge in [0.25, 0.3) is 5.91 Å². The van der Waals surface area contributed by atoms with Gasteiger partial charge in [0.1, 0.15) is 11.6 Å². The van der Waals surface area contributed by atoms with E-state index in [1.165, 1.54) is 5.56 Å². The molecule has 0 saturated carbocycles. The fraction of sp³-hybridized carbons (Fsp3) is 0.200. The summed E-state index contributed by atoms with van der Waals surface area (Å²) in [7, 11) is 1.61. The molecule has 0 aliphatic rings. The van der Waals surface area contributed by atoms with Crippen LogP contribution >= 0.6 is 0 Å². The van der Waals surface area contributed by atoms with Crippen LogP contribution in [0.2, 0.25) is 0 Å². The van der Waals surface area contributed by atoms with Gasteiger partial charge >= 0.3 is 0 Å². The summed E-state index contributed by atoms with van der Waals surface area (Å²) < 4.78 is 7.41. The summed E-state index contributed by atoms with van der Waals surface area (Å²) in [6.45, 7) is 2.69. The second-order valence-corrected chi connectivity index (χ2v) is 7.21. The van der Waals surface area contributed by atoms with Crippen LogP contribution in [0.3, 0.4) is 0 Å². The first-order valence-corrected chi connectivity index (χ1v) is 10.1. The Bertz CT molecular complexity index is 1130. The zero-order valence-electron chi connectivity index (χ0n) is 17.2. The van der Waals surface area contributed by atoms with E-state index in [1.807, 2.05) is 24.3 Å². The third-order valence-corrected chi connectivity index (χ3v) is 5.32. The van der Waals surface area contributed by atoms with Gasteiger partial charge in [-0.05, 0) is 48.9 Å². The molecule has 0 bridgehead atoms. The van der Waals surface area contributed by atoms with Crippen LogP contribution in [-0.2, 0) is 6.42 Å². The number of fused-ring (bicyclic) bond motifs is 1. The average Bonchev–Trinajstić information content (AvgIpc) is 3.17. The van der Waals surface area contributed by atoms with E-state index in [0.717, 1.165) is 22.6 Å². The predicted molar refractivity (Wildman–Crippen MR) is 119 cm³/mol. The molecule has 0 radical (unpaired) electrons. The van der Waals surface area contributed by atoms with Gasteiger partial charge in [-0.2, -0.15) is 0 Å². The number of nitrogens with one attached hydrogen (secondary N) is 1. The van der Waals surface area contributed by atoms with Crippen molar-refractivity contribution in [3.63, 3.8) is 0 Å². The van der Waals surface area contributed by atoms with E-state index in [0.29, 0.717) is 18.5 Å². The van der Waals surface area contributed by atoms with Crippen molar-refractivity contribution in [2.24, 2.45) is 0 Å². The van der Waals surface area contributed by atoms with Crippen molar-refractivity contribution < 1.29 is 9.53 Å². The lowest BCUT2D eigenvalue weighted by Gasteiger charge is -2.18. The van der Waals surface area contributed by atoms with Crippen molar-refractivity contribution >= 4 is 16.9 Å². The van der Waals surface area contributed by atoms with E-state index in [1.54, 1.807) is 31.4 Å². The smallest absolute Gasteiger partial charge is 0.251 e. The molecule has 0 spiro atoms. The molecule has 4 rings (SSSR count). The molecule has 0 saturated heterocycles. The zero-order chi connectivity index (χ0) is 20.9. The Hall–Kier alpha value is -3.60. The number of rotatable bonds is 7. The molecule has 1 amide bonds. The van der Waals surface area contributed by atoms with Crippen molar-refractivity contribution in [1.29, 1.82) is 0 Å². The molecule has 1 atom stereocenters. The number of hydrogen-bond donors (Lipinski definition) is 1. The SMILES string of the molecule is COc1ccc(C(=O)NCCc2nc3ccccc3n2C(C)c2ccccc2)cc1. The van der Waals surface area contributed by atoms with Gasteiger partial charge in [0.05, 0.1) is 24.2 Å². The number of benzene rings is 3. The molecule has 1 unspecified atom stereocenters. The fourth-order valence-electron chi connectivity index (χ4n) is 3.72. The zero-order valence-corrected chi connectivity index (χ0v) is 17.2. The number of amides is 1. The average molecular weight is 399 g/mol. The van der Waals surface area contributed by atoms with Crippen LogP contribution in [0.1, 0.15) is 34.7 Å². The van der Waals surface area contributed by atoms with Gasteiger partial charge in [-0.25, -0.2) is 4.98 Å². The van der Waals surface area contributed by atoms with E-state index in [9.17, 15) is 4.79 Å². The Labute approximate surface area is 176 Å². The molecule has 1 heterocycles. The topological polar surface area (TPSA) is 56.1 Å². The largest absolute Gasteiger partial charge is 0.497 e. The minimum absolute atomic E-state index is 0.101. The predicted octanol–water partition coefficient (Wildman–Crippen LogP) is 4.63. The molecule has 0 fully saturated rings. The van der Waals surface area contributed by atoms with Crippen molar-refractivity contribution in [2.75, 3.05) is 13.7 Å². The summed E-state index contributed by atoms with van der Waals surface area (Å²) in [6.07, 6.45) is 0.647. The van der Waals surface area contributed by atoms with Gasteiger partial charge in [0.15, 0.2) is 0 Å². The van der Waals surface area contributed by atoms with Gasteiger partial charge in [0, 0.05) is 18.5 Å². The third-order valence-electron chi connectivity index (χ3n) is 5.32. The van der Waals surface area contributed by atoms with Crippen molar-refractivity contribution in [3.05, 3.63) is 95.8 Å². The van der Waals surface area contributed by atoms with Gasteiger partial charge in [-0.3, -0.25) is 4.79 Å². The number of carbonyl (C=O) groups excluding carboxylic acids is 1. The van der Waals surface area contributed by atoms with Crippen molar-refractivity contribution in [3.8, 4) is 5.75 Å². The molecule has 0 aliphatic carbocycles. The number of carbonyl (C=O) groups is 1. The molecule has 152 valence electrons. The first kappa shape index (κ1) is 19.7. The summed E-state index contributed by atoms with van der Waals surface area (Å²) in [5, 5.41) is 3.00. The third kappa shape index (κ3) is 4.06. The first-order valence-electron chi connectivity index (χ1n) is 10.1. The molecule has 1 N–H and O–H groups in total. The van der Waals surface area contributed by atoms with Crippen LogP contribution in [0.15, 0.2) is 78.9 Å². The Morgan fingerprint density at radius 2 is 1.70 bits per heavy atom. The van der Waals surface area contributed by atoms with Crippen LogP contribution in [0, 0.1) is 0 Å². The molecular formula is C25H25N3O2. The number of hydrogen-bond acceptors (Lipinski definition) is 3. The highest BCUT2D eigenvalue weighted by atomic mass is 16.5. The van der Waals surface area contributed by atoms with Crippen LogP contribution in [-0.4, -0.2) is 29.1 Å². The number of nitrogens with zero attached hydrogens (tertiary/aromatic N) is 2. The Kier molecular flexibility index (Phi) is 5.80. The Balaban J connectivity index is 1.53. The molecule has 4 aromatic rings. The molecular weight excluding hydrogens is 374 g/mol. The number of para-hydroxylation sites is 2. The number of aromatic nitrogens is 2. The highest BCUT2D eigenvalue weighted by Crippen LogP contribution is 2.26. The lowest BCUT2D eigenvalue weighted by molar-refractivity contribution is 0.0954. The molecule has 1 aromatic heterocycles. The minimum atomic E-state index is -0.101. The summed E-state index contributed by atoms with van der Waals surface area (Å²) in [5.74, 6) is 1.59. The van der Waals surface area contributed by atoms with Crippen molar-refractivity contribution in [2.45, 2.75) is 19.4 Å². The van der Waals surface area contributed by atoms with Gasteiger partial charge in [0.2, 0.25) is 0 Å². The van der Waals surface area contributed by atoms with Crippen LogP contribution in [0.5, 0.6) is 5.75 Å². The maximum Gasteiger partial charge on any atom is 0.251 e. The Morgan fingerprint density at radius 1 is 1.00 bits per heavy atom. The van der Waals surface area contributed by atoms with E-state index >= 15 is 0 Å². The van der Waals surface area contributed by atoms with Crippen LogP contribution in [0.4, 0.5) is 0 Å². The van der Waals surface area contributed by atoms with Crippen LogP contribution in [0.25, 0.3) is 11.0 Å². The lowest BCUT2D eigenvalue weighted by Crippen LogP contribution is -2.26. The molecule has 3 aromatic carbocycles. The first-order chi connectivity index (χ1) is 14.7. The maximum absolute atomic E-state index is 12.5. The standard InChI is InChI=1S/C25H25N3O2/c1-18(19-8-4-3-5-9-19)28-23-11-7-6-10-22(23)27-24(28)16-17-26-25(29)20-12-14-21(30-2)15-13-20/h3-15,18H,16-17H2,1-2H3,(H,26,29). The second-order valence-electron chi connectivity index (χ2n) is 7.21. The highest BCUT2D eigenvalue weighted by Gasteiger charge is 2.17. The molecule has 5 heteroatoms. The summed E-state index contributed by atoms with van der Waals surface area (Å²) >= 11 is 0. The monoisotopic (exact) mass is 399 g/mol. The molecule has 0 aliphatic heterocycles. The number of methoxy groups -OCH3 is 1. The van der Waals surface area contributed by atoms with Gasteiger partial charge in [-0.1, -0.05) is 42.5 Å². The second kappa shape index (κ2) is 8.82. The minimum Gasteiger partial charge on any atom is -0.497 e. The van der Waals surface area contributed by atoms with E-state index in [2.05, 4.69) is 47.1 Å². The van der Waals surface area contributed by atoms with E-state index < -0.39 is 0 Å². The number of imidazole rings is 1. The van der Waals surface area contributed by atoms with E-state index in [4.69, 9.17) is 9.72 Å². The quantitative estimate of drug-likeness (QED) is 0.493. The van der Waals surface area contributed by atoms with Gasteiger partial charge < -0.3 is 14.6 Å². The fourth-order valence-corrected chi connectivity index (χ4v) is 3.72. The summed E-state index contributed by atoms with van der Waals surface area (Å²) in [4.78, 5) is 17.3. The molecule has 30 heavy (non-hydrogen) atoms.